The molecular weight excluding hydrogens is 416 g/mol. The maximum absolute atomic E-state index is 6.18. The fourth-order valence-corrected chi connectivity index (χ4v) is 4.14. The van der Waals surface area contributed by atoms with Crippen LogP contribution in [0.5, 0.6) is 5.75 Å². The van der Waals surface area contributed by atoms with Gasteiger partial charge in [-0.05, 0) is 44.7 Å². The zero-order valence-electron chi connectivity index (χ0n) is 19.0. The Kier molecular flexibility index (Phi) is 6.01. The minimum Gasteiger partial charge on any atom is -0.487 e. The van der Waals surface area contributed by atoms with Crippen LogP contribution in [0.25, 0.3) is 17.1 Å². The molecule has 1 aliphatic carbocycles. The monoisotopic (exact) mass is 444 g/mol. The van der Waals surface area contributed by atoms with E-state index in [1.54, 1.807) is 23.4 Å². The largest absolute Gasteiger partial charge is 0.487 e. The van der Waals surface area contributed by atoms with Crippen LogP contribution in [0.3, 0.4) is 0 Å². The van der Waals surface area contributed by atoms with Crippen molar-refractivity contribution in [2.24, 2.45) is 7.05 Å². The van der Waals surface area contributed by atoms with Gasteiger partial charge in [-0.3, -0.25) is 4.68 Å². The molecule has 1 saturated carbocycles. The van der Waals surface area contributed by atoms with Gasteiger partial charge in [0.1, 0.15) is 6.33 Å². The zero-order valence-corrected chi connectivity index (χ0v) is 19.0. The minimum atomic E-state index is 0.272. The van der Waals surface area contributed by atoms with Gasteiger partial charge in [-0.1, -0.05) is 24.6 Å². The molecule has 1 aromatic carbocycles. The van der Waals surface area contributed by atoms with Crippen LogP contribution in [0, 0.1) is 6.92 Å². The van der Waals surface area contributed by atoms with E-state index in [0.29, 0.717) is 18.3 Å². The van der Waals surface area contributed by atoms with E-state index in [0.717, 1.165) is 41.2 Å². The minimum absolute atomic E-state index is 0.272. The van der Waals surface area contributed by atoms with Crippen LogP contribution >= 0.6 is 0 Å². The third-order valence-corrected chi connectivity index (χ3v) is 6.01. The number of aromatic nitrogens is 7. The molecule has 5 rings (SSSR count). The van der Waals surface area contributed by atoms with Gasteiger partial charge in [-0.25, -0.2) is 19.6 Å². The van der Waals surface area contributed by atoms with E-state index in [1.807, 2.05) is 49.0 Å². The third-order valence-electron chi connectivity index (χ3n) is 6.01. The molecule has 3 aromatic heterocycles. The lowest BCUT2D eigenvalue weighted by Crippen LogP contribution is -2.20. The van der Waals surface area contributed by atoms with Crippen LogP contribution in [0.4, 0.5) is 5.95 Å². The Hall–Kier alpha value is -3.75. The number of benzene rings is 1. The molecule has 1 aliphatic rings. The summed E-state index contributed by atoms with van der Waals surface area (Å²) >= 11 is 0. The van der Waals surface area contributed by atoms with Gasteiger partial charge in [-0.15, -0.1) is 5.10 Å². The number of ether oxygens (including phenoxy) is 1. The molecule has 3 heterocycles. The lowest BCUT2D eigenvalue weighted by atomic mass is 9.98. The summed E-state index contributed by atoms with van der Waals surface area (Å²) in [6.07, 6.45) is 11.5. The molecule has 9 nitrogen and oxygen atoms in total. The summed E-state index contributed by atoms with van der Waals surface area (Å²) < 4.78 is 9.74. The molecule has 0 saturated heterocycles. The summed E-state index contributed by atoms with van der Waals surface area (Å²) in [7, 11) is 1.91. The molecule has 4 aromatic rings. The van der Waals surface area contributed by atoms with Crippen LogP contribution in [0.2, 0.25) is 0 Å². The SMILES string of the molecule is Cc1nc(-c2cnn(C)c2CNc2ncn(-c3ccccc3)n2)ncc1OC1CCCCC1. The van der Waals surface area contributed by atoms with Crippen molar-refractivity contribution in [1.29, 1.82) is 0 Å². The highest BCUT2D eigenvalue weighted by Crippen LogP contribution is 2.27. The van der Waals surface area contributed by atoms with Crippen LogP contribution < -0.4 is 10.1 Å². The predicted molar refractivity (Wildman–Crippen MR) is 125 cm³/mol. The first kappa shape index (κ1) is 21.1. The average Bonchev–Trinajstić information content (AvgIpc) is 3.47. The Labute approximate surface area is 192 Å². The van der Waals surface area contributed by atoms with Crippen molar-refractivity contribution in [3.8, 4) is 22.8 Å². The Morgan fingerprint density at radius 1 is 1.06 bits per heavy atom. The first-order chi connectivity index (χ1) is 16.2. The smallest absolute Gasteiger partial charge is 0.242 e. The van der Waals surface area contributed by atoms with Gasteiger partial charge in [0.05, 0.1) is 47.7 Å². The van der Waals surface area contributed by atoms with Crippen molar-refractivity contribution < 1.29 is 4.74 Å². The predicted octanol–water partition coefficient (Wildman–Crippen LogP) is 4.09. The summed E-state index contributed by atoms with van der Waals surface area (Å²) in [6.45, 7) is 2.46. The van der Waals surface area contributed by atoms with Gasteiger partial charge < -0.3 is 10.1 Å². The molecule has 0 aliphatic heterocycles. The molecular formula is C24H28N8O. The number of anilines is 1. The topological polar surface area (TPSA) is 95.6 Å². The van der Waals surface area contributed by atoms with E-state index < -0.39 is 0 Å². The molecule has 33 heavy (non-hydrogen) atoms. The van der Waals surface area contributed by atoms with E-state index in [1.165, 1.54) is 19.3 Å². The standard InChI is InChI=1S/C24H28N8O/c1-17-22(33-19-11-7-4-8-12-19)15-25-23(29-17)20-13-28-31(2)21(20)14-26-24-27-16-32(30-24)18-9-5-3-6-10-18/h3,5-6,9-10,13,15-16,19H,4,7-8,11-12,14H2,1-2H3,(H,26,30). The van der Waals surface area contributed by atoms with E-state index >= 15 is 0 Å². The second-order valence-corrected chi connectivity index (χ2v) is 8.35. The maximum atomic E-state index is 6.18. The highest BCUT2D eigenvalue weighted by molar-refractivity contribution is 5.58. The molecule has 0 bridgehead atoms. The molecule has 1 fully saturated rings. The summed E-state index contributed by atoms with van der Waals surface area (Å²) in [6, 6.07) is 9.89. The molecule has 0 spiro atoms. The number of hydrogen-bond donors (Lipinski definition) is 1. The number of nitrogens with one attached hydrogen (secondary N) is 1. The third kappa shape index (κ3) is 4.72. The van der Waals surface area contributed by atoms with Crippen molar-refractivity contribution >= 4 is 5.95 Å². The number of aryl methyl sites for hydroxylation is 2. The quantitative estimate of drug-likeness (QED) is 0.459. The van der Waals surface area contributed by atoms with E-state index in [9.17, 15) is 0 Å². The molecule has 0 atom stereocenters. The maximum Gasteiger partial charge on any atom is 0.242 e. The van der Waals surface area contributed by atoms with Crippen LogP contribution in [0.15, 0.2) is 49.1 Å². The van der Waals surface area contributed by atoms with Gasteiger partial charge >= 0.3 is 0 Å². The van der Waals surface area contributed by atoms with Crippen molar-refractivity contribution in [1.82, 2.24) is 34.5 Å². The molecule has 0 amide bonds. The Balaban J connectivity index is 1.30. The Morgan fingerprint density at radius 2 is 1.88 bits per heavy atom. The van der Waals surface area contributed by atoms with Gasteiger partial charge in [0.25, 0.3) is 0 Å². The second kappa shape index (κ2) is 9.40. The van der Waals surface area contributed by atoms with Crippen molar-refractivity contribution in [2.75, 3.05) is 5.32 Å². The number of hydrogen-bond acceptors (Lipinski definition) is 7. The normalized spacial score (nSPS) is 14.4. The summed E-state index contributed by atoms with van der Waals surface area (Å²) in [5.74, 6) is 1.94. The summed E-state index contributed by atoms with van der Waals surface area (Å²) in [5, 5.41) is 12.2. The van der Waals surface area contributed by atoms with Gasteiger partial charge in [0, 0.05) is 7.05 Å². The number of nitrogens with zero attached hydrogens (tertiary/aromatic N) is 7. The Morgan fingerprint density at radius 3 is 2.67 bits per heavy atom. The highest BCUT2D eigenvalue weighted by atomic mass is 16.5. The second-order valence-electron chi connectivity index (χ2n) is 8.35. The van der Waals surface area contributed by atoms with Gasteiger partial charge in [0.2, 0.25) is 5.95 Å². The molecule has 9 heteroatoms. The van der Waals surface area contributed by atoms with E-state index in [2.05, 4.69) is 25.5 Å². The Bertz CT molecular complexity index is 1210. The van der Waals surface area contributed by atoms with E-state index in [-0.39, 0.29) is 6.10 Å². The lowest BCUT2D eigenvalue weighted by molar-refractivity contribution is 0.152. The zero-order chi connectivity index (χ0) is 22.6. The lowest BCUT2D eigenvalue weighted by Gasteiger charge is -2.23. The van der Waals surface area contributed by atoms with Crippen LogP contribution in [0.1, 0.15) is 43.5 Å². The highest BCUT2D eigenvalue weighted by Gasteiger charge is 2.19. The number of rotatable bonds is 7. The van der Waals surface area contributed by atoms with Crippen molar-refractivity contribution in [3.05, 3.63) is 60.4 Å². The fraction of sp³-hybridized carbons (Fsp3) is 0.375. The molecule has 0 radical (unpaired) electrons. The van der Waals surface area contributed by atoms with E-state index in [4.69, 9.17) is 9.72 Å². The molecule has 1 N–H and O–H groups in total. The first-order valence-corrected chi connectivity index (χ1v) is 11.4. The van der Waals surface area contributed by atoms with Crippen LogP contribution in [-0.2, 0) is 13.6 Å². The first-order valence-electron chi connectivity index (χ1n) is 11.4. The number of para-hydroxylation sites is 1. The average molecular weight is 445 g/mol. The van der Waals surface area contributed by atoms with Gasteiger partial charge in [-0.2, -0.15) is 5.10 Å². The molecule has 0 unspecified atom stereocenters. The molecule has 170 valence electrons. The van der Waals surface area contributed by atoms with Crippen molar-refractivity contribution in [2.45, 2.75) is 51.7 Å². The van der Waals surface area contributed by atoms with Crippen molar-refractivity contribution in [3.63, 3.8) is 0 Å². The summed E-state index contributed by atoms with van der Waals surface area (Å²) in [5.41, 5.74) is 3.63. The van der Waals surface area contributed by atoms with Crippen LogP contribution in [-0.4, -0.2) is 40.6 Å². The summed E-state index contributed by atoms with van der Waals surface area (Å²) in [4.78, 5) is 13.7. The fourth-order valence-electron chi connectivity index (χ4n) is 4.14. The van der Waals surface area contributed by atoms with Gasteiger partial charge in [0.15, 0.2) is 11.6 Å².